The minimum atomic E-state index is -0.509. The second kappa shape index (κ2) is 10.1. The Balaban J connectivity index is 1.50. The topological polar surface area (TPSA) is 111 Å². The fraction of sp³-hybridized carbons (Fsp3) is 0.280. The first-order valence-corrected chi connectivity index (χ1v) is 10.9. The molecule has 1 fully saturated rings. The van der Waals surface area contributed by atoms with Gasteiger partial charge in [0.1, 0.15) is 24.5 Å². The van der Waals surface area contributed by atoms with Crippen molar-refractivity contribution in [2.75, 3.05) is 25.0 Å². The zero-order valence-corrected chi connectivity index (χ0v) is 18.4. The summed E-state index contributed by atoms with van der Waals surface area (Å²) in [5.41, 5.74) is 3.98. The van der Waals surface area contributed by atoms with Crippen molar-refractivity contribution in [2.45, 2.75) is 25.9 Å². The summed E-state index contributed by atoms with van der Waals surface area (Å²) in [5, 5.41) is 21.9. The maximum absolute atomic E-state index is 11.7. The molecule has 4 rings (SSSR count). The van der Waals surface area contributed by atoms with Gasteiger partial charge >= 0.3 is 0 Å². The number of aryl methyl sites for hydroxylation is 1. The summed E-state index contributed by atoms with van der Waals surface area (Å²) < 4.78 is 5.99. The Morgan fingerprint density at radius 3 is 2.97 bits per heavy atom. The third-order valence-corrected chi connectivity index (χ3v) is 5.57. The van der Waals surface area contributed by atoms with Gasteiger partial charge in [0.05, 0.1) is 17.8 Å². The van der Waals surface area contributed by atoms with E-state index in [-0.39, 0.29) is 12.0 Å². The lowest BCUT2D eigenvalue weighted by Gasteiger charge is -2.17. The summed E-state index contributed by atoms with van der Waals surface area (Å²) in [6, 6.07) is 17.4. The van der Waals surface area contributed by atoms with Gasteiger partial charge in [-0.1, -0.05) is 19.1 Å². The number of benzene rings is 2. The first-order chi connectivity index (χ1) is 16.1. The summed E-state index contributed by atoms with van der Waals surface area (Å²) in [5.74, 6) is 0.624. The zero-order valence-electron chi connectivity index (χ0n) is 18.4. The molecular weight excluding hydrogens is 418 g/mol. The number of likely N-dealkylation sites (tertiary alicyclic amines) is 1. The number of rotatable bonds is 7. The van der Waals surface area contributed by atoms with E-state index in [1.807, 2.05) is 18.2 Å². The van der Waals surface area contributed by atoms with Crippen LogP contribution in [0.4, 0.5) is 11.6 Å². The lowest BCUT2D eigenvalue weighted by atomic mass is 10.1. The van der Waals surface area contributed by atoms with E-state index in [9.17, 15) is 10.1 Å². The first kappa shape index (κ1) is 22.2. The van der Waals surface area contributed by atoms with Crippen LogP contribution in [0.15, 0.2) is 54.7 Å². The Labute approximate surface area is 192 Å². The van der Waals surface area contributed by atoms with Crippen LogP contribution in [0, 0.1) is 11.3 Å². The maximum Gasteiger partial charge on any atom is 0.248 e. The van der Waals surface area contributed by atoms with Crippen molar-refractivity contribution in [3.8, 4) is 23.1 Å². The van der Waals surface area contributed by atoms with Gasteiger partial charge in [-0.05, 0) is 48.4 Å². The van der Waals surface area contributed by atoms with E-state index in [0.29, 0.717) is 42.5 Å². The Bertz CT molecular complexity index is 1190. The molecule has 0 saturated carbocycles. The maximum atomic E-state index is 11.7. The lowest BCUT2D eigenvalue weighted by Crippen LogP contribution is -2.32. The van der Waals surface area contributed by atoms with Crippen LogP contribution in [-0.4, -0.2) is 51.7 Å². The molecule has 8 heteroatoms. The van der Waals surface area contributed by atoms with Gasteiger partial charge in [0.15, 0.2) is 0 Å². The van der Waals surface area contributed by atoms with E-state index in [2.05, 4.69) is 40.4 Å². The van der Waals surface area contributed by atoms with Crippen LogP contribution in [0.2, 0.25) is 0 Å². The highest BCUT2D eigenvalue weighted by atomic mass is 16.5. The van der Waals surface area contributed by atoms with Crippen LogP contribution in [0.25, 0.3) is 11.3 Å². The van der Waals surface area contributed by atoms with Gasteiger partial charge in [-0.15, -0.1) is 0 Å². The number of carbonyl (C=O) groups excluding carboxylic acids is 1. The molecule has 1 unspecified atom stereocenters. The highest BCUT2D eigenvalue weighted by Crippen LogP contribution is 2.28. The van der Waals surface area contributed by atoms with Gasteiger partial charge in [-0.3, -0.25) is 4.79 Å². The van der Waals surface area contributed by atoms with Crippen LogP contribution in [0.3, 0.4) is 0 Å². The Morgan fingerprint density at radius 1 is 1.30 bits per heavy atom. The number of aromatic nitrogens is 2. The Hall–Kier alpha value is -3.96. The summed E-state index contributed by atoms with van der Waals surface area (Å²) in [4.78, 5) is 22.1. The van der Waals surface area contributed by atoms with Crippen molar-refractivity contribution in [1.82, 2.24) is 14.9 Å². The quantitative estimate of drug-likeness (QED) is 0.576. The highest BCUT2D eigenvalue weighted by Gasteiger charge is 2.27. The lowest BCUT2D eigenvalue weighted by molar-refractivity contribution is -0.133. The molecule has 2 aromatic carbocycles. The fourth-order valence-corrected chi connectivity index (χ4v) is 3.79. The molecule has 8 nitrogen and oxygen atoms in total. The summed E-state index contributed by atoms with van der Waals surface area (Å²) in [6.45, 7) is 2.52. The third kappa shape index (κ3) is 5.27. The smallest absolute Gasteiger partial charge is 0.248 e. The van der Waals surface area contributed by atoms with Crippen LogP contribution >= 0.6 is 0 Å². The van der Waals surface area contributed by atoms with Gasteiger partial charge in [0.25, 0.3) is 0 Å². The largest absolute Gasteiger partial charge is 0.487 e. The van der Waals surface area contributed by atoms with Gasteiger partial charge in [-0.2, -0.15) is 5.26 Å². The number of hydrogen-bond acceptors (Lipinski definition) is 7. The minimum Gasteiger partial charge on any atom is -0.487 e. The number of amides is 1. The third-order valence-electron chi connectivity index (χ3n) is 5.57. The second-order valence-corrected chi connectivity index (χ2v) is 7.79. The standard InChI is InChI=1S/C25H25N5O3/c1-2-17-4-3-5-20(12-17)28-25-27-10-8-22(29-25)18-6-7-23(19(13-18)14-26)33-21-9-11-30(15-21)24(32)16-31/h3-8,10,12-13,21,31H,2,9,11,15-16H2,1H3,(H,27,28,29). The average Bonchev–Trinajstić information content (AvgIpc) is 3.32. The van der Waals surface area contributed by atoms with Crippen molar-refractivity contribution in [3.05, 3.63) is 65.9 Å². The molecule has 1 aliphatic rings. The van der Waals surface area contributed by atoms with Gasteiger partial charge in [-0.25, -0.2) is 9.97 Å². The fourth-order valence-electron chi connectivity index (χ4n) is 3.79. The number of ether oxygens (including phenoxy) is 1. The van der Waals surface area contributed by atoms with Gasteiger partial charge in [0, 0.05) is 30.4 Å². The normalized spacial score (nSPS) is 15.2. The number of aliphatic hydroxyl groups excluding tert-OH is 1. The van der Waals surface area contributed by atoms with Gasteiger partial charge < -0.3 is 20.1 Å². The molecule has 2 N–H and O–H groups in total. The van der Waals surface area contributed by atoms with Crippen molar-refractivity contribution < 1.29 is 14.6 Å². The van der Waals surface area contributed by atoms with E-state index in [4.69, 9.17) is 9.84 Å². The monoisotopic (exact) mass is 443 g/mol. The molecule has 1 aromatic heterocycles. The van der Waals surface area contributed by atoms with Crippen molar-refractivity contribution in [2.24, 2.45) is 0 Å². The van der Waals surface area contributed by atoms with E-state index < -0.39 is 6.61 Å². The number of anilines is 2. The molecule has 1 atom stereocenters. The number of hydrogen-bond donors (Lipinski definition) is 2. The Kier molecular flexibility index (Phi) is 6.81. The predicted octanol–water partition coefficient (Wildman–Crippen LogP) is 3.29. The van der Waals surface area contributed by atoms with Crippen LogP contribution < -0.4 is 10.1 Å². The molecule has 3 aromatic rings. The zero-order chi connectivity index (χ0) is 23.2. The van der Waals surface area contributed by atoms with Crippen molar-refractivity contribution in [3.63, 3.8) is 0 Å². The van der Waals surface area contributed by atoms with E-state index in [1.165, 1.54) is 5.56 Å². The second-order valence-electron chi connectivity index (χ2n) is 7.79. The Morgan fingerprint density at radius 2 is 2.18 bits per heavy atom. The number of nitriles is 1. The molecule has 1 aliphatic heterocycles. The van der Waals surface area contributed by atoms with Crippen LogP contribution in [0.5, 0.6) is 5.75 Å². The highest BCUT2D eigenvalue weighted by molar-refractivity contribution is 5.77. The van der Waals surface area contributed by atoms with Crippen molar-refractivity contribution >= 4 is 17.5 Å². The van der Waals surface area contributed by atoms with E-state index >= 15 is 0 Å². The average molecular weight is 444 g/mol. The minimum absolute atomic E-state index is 0.216. The summed E-state index contributed by atoms with van der Waals surface area (Å²) in [7, 11) is 0. The van der Waals surface area contributed by atoms with Crippen LogP contribution in [0.1, 0.15) is 24.5 Å². The number of nitrogens with one attached hydrogen (secondary N) is 1. The molecular formula is C25H25N5O3. The van der Waals surface area contributed by atoms with Crippen molar-refractivity contribution in [1.29, 1.82) is 5.26 Å². The predicted molar refractivity (Wildman–Crippen MR) is 124 cm³/mol. The molecule has 0 spiro atoms. The SMILES string of the molecule is CCc1cccc(Nc2nccc(-c3ccc(OC4CCN(C(=O)CO)C4)c(C#N)c3)n2)c1. The van der Waals surface area contributed by atoms with E-state index in [0.717, 1.165) is 17.7 Å². The number of nitrogens with zero attached hydrogens (tertiary/aromatic N) is 4. The van der Waals surface area contributed by atoms with Gasteiger partial charge in [0.2, 0.25) is 11.9 Å². The molecule has 0 aliphatic carbocycles. The summed E-state index contributed by atoms with van der Waals surface area (Å²) in [6.07, 6.45) is 3.06. The number of aliphatic hydroxyl groups is 1. The molecule has 168 valence electrons. The van der Waals surface area contributed by atoms with Crippen LogP contribution in [-0.2, 0) is 11.2 Å². The molecule has 33 heavy (non-hydrogen) atoms. The molecule has 0 bridgehead atoms. The number of carbonyl (C=O) groups is 1. The van der Waals surface area contributed by atoms with E-state index in [1.54, 1.807) is 29.3 Å². The summed E-state index contributed by atoms with van der Waals surface area (Å²) >= 11 is 0. The molecule has 1 amide bonds. The molecule has 0 radical (unpaired) electrons. The first-order valence-electron chi connectivity index (χ1n) is 10.9. The molecule has 2 heterocycles. The molecule has 1 saturated heterocycles.